The van der Waals surface area contributed by atoms with E-state index in [0.29, 0.717) is 22.8 Å². The number of nitrogens with one attached hydrogen (secondary N) is 1. The summed E-state index contributed by atoms with van der Waals surface area (Å²) in [6, 6.07) is 7.22. The van der Waals surface area contributed by atoms with E-state index in [2.05, 4.69) is 31.3 Å². The zero-order chi connectivity index (χ0) is 18.6. The van der Waals surface area contributed by atoms with E-state index in [-0.39, 0.29) is 5.91 Å². The summed E-state index contributed by atoms with van der Waals surface area (Å²) in [5.41, 5.74) is 0.491. The Kier molecular flexibility index (Phi) is 6.47. The van der Waals surface area contributed by atoms with Crippen molar-refractivity contribution in [3.05, 3.63) is 53.1 Å². The van der Waals surface area contributed by atoms with E-state index < -0.39 is 11.6 Å². The lowest BCUT2D eigenvalue weighted by Crippen LogP contribution is -2.55. The average molecular weight is 362 g/mol. The second-order valence-electron chi connectivity index (χ2n) is 7.59. The van der Waals surface area contributed by atoms with E-state index >= 15 is 0 Å². The van der Waals surface area contributed by atoms with E-state index in [1.54, 1.807) is 18.2 Å². The maximum absolute atomic E-state index is 12.4. The highest BCUT2D eigenvalue weighted by atomic mass is 35.5. The second kappa shape index (κ2) is 8.20. The molecule has 3 nitrogen and oxygen atoms in total. The highest BCUT2D eigenvalue weighted by molar-refractivity contribution is 6.30. The zero-order valence-corrected chi connectivity index (χ0v) is 16.1. The van der Waals surface area contributed by atoms with Gasteiger partial charge < -0.3 is 10.4 Å². The Labute approximate surface area is 155 Å². The van der Waals surface area contributed by atoms with E-state index in [9.17, 15) is 9.90 Å². The number of halogens is 1. The summed E-state index contributed by atoms with van der Waals surface area (Å²) >= 11 is 5.85. The molecular weight excluding hydrogens is 334 g/mol. The van der Waals surface area contributed by atoms with Crippen LogP contribution >= 0.6 is 11.6 Å². The van der Waals surface area contributed by atoms with Gasteiger partial charge in [-0.3, -0.25) is 4.79 Å². The third-order valence-corrected chi connectivity index (χ3v) is 5.27. The van der Waals surface area contributed by atoms with Gasteiger partial charge in [0.05, 0.1) is 0 Å². The van der Waals surface area contributed by atoms with Crippen LogP contribution in [0.3, 0.4) is 0 Å². The van der Waals surface area contributed by atoms with Gasteiger partial charge in [-0.25, -0.2) is 0 Å². The first kappa shape index (κ1) is 19.7. The fraction of sp³-hybridized carbons (Fsp3) is 0.476. The molecule has 0 spiro atoms. The van der Waals surface area contributed by atoms with Gasteiger partial charge in [-0.1, -0.05) is 55.8 Å². The number of benzene rings is 1. The van der Waals surface area contributed by atoms with E-state index in [4.69, 9.17) is 11.6 Å². The minimum atomic E-state index is -1.18. The van der Waals surface area contributed by atoms with Crippen molar-refractivity contribution in [3.8, 4) is 0 Å². The van der Waals surface area contributed by atoms with Crippen molar-refractivity contribution in [3.63, 3.8) is 0 Å². The molecule has 0 radical (unpaired) electrons. The summed E-state index contributed by atoms with van der Waals surface area (Å²) in [4.78, 5) is 12.4. The monoisotopic (exact) mass is 361 g/mol. The number of amides is 1. The van der Waals surface area contributed by atoms with Crippen molar-refractivity contribution < 1.29 is 9.90 Å². The number of rotatable bonds is 5. The molecule has 2 N–H and O–H groups in total. The lowest BCUT2D eigenvalue weighted by Gasteiger charge is -2.43. The normalized spacial score (nSPS) is 25.1. The molecule has 3 unspecified atom stereocenters. The molecule has 0 aliphatic heterocycles. The first-order valence-electron chi connectivity index (χ1n) is 8.81. The van der Waals surface area contributed by atoms with Crippen molar-refractivity contribution in [2.75, 3.05) is 0 Å². The summed E-state index contributed by atoms with van der Waals surface area (Å²) < 4.78 is 0. The highest BCUT2D eigenvalue weighted by Gasteiger charge is 2.39. The minimum absolute atomic E-state index is 0.328. The molecule has 0 aromatic heterocycles. The van der Waals surface area contributed by atoms with Gasteiger partial charge in [0.1, 0.15) is 0 Å². The van der Waals surface area contributed by atoms with Gasteiger partial charge in [-0.05, 0) is 61.8 Å². The summed E-state index contributed by atoms with van der Waals surface area (Å²) in [6.45, 7) is 8.48. The van der Waals surface area contributed by atoms with Crippen LogP contribution < -0.4 is 5.32 Å². The Morgan fingerprint density at radius 2 is 1.96 bits per heavy atom. The van der Waals surface area contributed by atoms with Crippen molar-refractivity contribution in [2.45, 2.75) is 45.8 Å². The maximum atomic E-state index is 12.4. The van der Waals surface area contributed by atoms with Crippen molar-refractivity contribution in [1.29, 1.82) is 0 Å². The minimum Gasteiger partial charge on any atom is -0.379 e. The van der Waals surface area contributed by atoms with Gasteiger partial charge in [-0.2, -0.15) is 0 Å². The molecule has 1 amide bonds. The molecule has 2 rings (SSSR count). The van der Waals surface area contributed by atoms with Crippen LogP contribution in [0.15, 0.2) is 42.5 Å². The lowest BCUT2D eigenvalue weighted by molar-refractivity contribution is -0.129. The van der Waals surface area contributed by atoms with Crippen LogP contribution in [-0.2, 0) is 4.79 Å². The molecule has 1 aliphatic carbocycles. The summed E-state index contributed by atoms with van der Waals surface area (Å²) in [5.74, 6) is 0.830. The Morgan fingerprint density at radius 1 is 1.32 bits per heavy atom. The fourth-order valence-electron chi connectivity index (χ4n) is 4.00. The van der Waals surface area contributed by atoms with Crippen molar-refractivity contribution >= 4 is 23.6 Å². The van der Waals surface area contributed by atoms with Gasteiger partial charge >= 0.3 is 0 Å². The van der Waals surface area contributed by atoms with Crippen molar-refractivity contribution in [2.24, 2.45) is 17.8 Å². The van der Waals surface area contributed by atoms with Crippen LogP contribution in [0.4, 0.5) is 0 Å². The van der Waals surface area contributed by atoms with Crippen LogP contribution in [-0.4, -0.2) is 22.7 Å². The molecule has 0 fully saturated rings. The Morgan fingerprint density at radius 3 is 2.56 bits per heavy atom. The lowest BCUT2D eigenvalue weighted by atomic mass is 9.68. The molecule has 25 heavy (non-hydrogen) atoms. The SMILES string of the molecule is CC1C=CC[C@H](C)C1C(C)(C)NC(=O)C(O)/C=C/c1ccc(Cl)cc1. The van der Waals surface area contributed by atoms with Gasteiger partial charge in [0.15, 0.2) is 6.10 Å². The quantitative estimate of drug-likeness (QED) is 0.761. The maximum Gasteiger partial charge on any atom is 0.253 e. The summed E-state index contributed by atoms with van der Waals surface area (Å²) in [5, 5.41) is 13.9. The first-order valence-corrected chi connectivity index (χ1v) is 9.19. The summed E-state index contributed by atoms with van der Waals surface area (Å²) in [7, 11) is 0. The molecule has 4 heteroatoms. The molecule has 1 aromatic rings. The molecule has 1 aliphatic rings. The average Bonchev–Trinajstić information content (AvgIpc) is 2.53. The number of allylic oxidation sites excluding steroid dienone is 2. The molecule has 136 valence electrons. The van der Waals surface area contributed by atoms with Crippen LogP contribution in [0.1, 0.15) is 39.7 Å². The predicted octanol–water partition coefficient (Wildman–Crippen LogP) is 4.46. The number of carbonyl (C=O) groups excluding carboxylic acids is 1. The smallest absolute Gasteiger partial charge is 0.253 e. The molecule has 0 saturated carbocycles. The first-order chi connectivity index (χ1) is 11.7. The van der Waals surface area contributed by atoms with E-state index in [0.717, 1.165) is 12.0 Å². The standard InChI is InChI=1S/C21H28ClNO2/c1-14-6-5-7-15(2)19(14)21(3,4)23-20(25)18(24)13-10-16-8-11-17(22)12-9-16/h5-6,8-15,18-19,24H,7H2,1-4H3,(H,23,25)/b13-10+/t14?,15-,18?,19?/m0/s1. The molecule has 0 saturated heterocycles. The van der Waals surface area contributed by atoms with Gasteiger partial charge in [0.25, 0.3) is 5.91 Å². The zero-order valence-electron chi connectivity index (χ0n) is 15.4. The largest absolute Gasteiger partial charge is 0.379 e. The third-order valence-electron chi connectivity index (χ3n) is 5.02. The molecule has 1 aromatic carbocycles. The van der Waals surface area contributed by atoms with E-state index in [1.165, 1.54) is 6.08 Å². The predicted molar refractivity (Wildman–Crippen MR) is 104 cm³/mol. The van der Waals surface area contributed by atoms with Gasteiger partial charge in [-0.15, -0.1) is 0 Å². The number of hydrogen-bond acceptors (Lipinski definition) is 2. The summed E-state index contributed by atoms with van der Waals surface area (Å²) in [6.07, 6.45) is 7.50. The van der Waals surface area contributed by atoms with E-state index in [1.807, 2.05) is 26.0 Å². The highest BCUT2D eigenvalue weighted by Crippen LogP contribution is 2.37. The molecule has 4 atom stereocenters. The van der Waals surface area contributed by atoms with Crippen molar-refractivity contribution in [1.82, 2.24) is 5.32 Å². The Bertz CT molecular complexity index is 648. The molecule has 0 heterocycles. The number of carbonyl (C=O) groups is 1. The Balaban J connectivity index is 2.01. The second-order valence-corrected chi connectivity index (χ2v) is 8.03. The third kappa shape index (κ3) is 5.20. The number of aliphatic hydroxyl groups excluding tert-OH is 1. The van der Waals surface area contributed by atoms with Gasteiger partial charge in [0.2, 0.25) is 0 Å². The molecular formula is C21H28ClNO2. The Hall–Kier alpha value is -1.58. The van der Waals surface area contributed by atoms with Gasteiger partial charge in [0, 0.05) is 10.6 Å². The number of hydrogen-bond donors (Lipinski definition) is 2. The molecule has 0 bridgehead atoms. The van der Waals surface area contributed by atoms with Crippen LogP contribution in [0.25, 0.3) is 6.08 Å². The number of aliphatic hydroxyl groups is 1. The van der Waals surface area contributed by atoms with Crippen LogP contribution in [0, 0.1) is 17.8 Å². The van der Waals surface area contributed by atoms with Crippen LogP contribution in [0.5, 0.6) is 0 Å². The topological polar surface area (TPSA) is 49.3 Å². The van der Waals surface area contributed by atoms with Crippen LogP contribution in [0.2, 0.25) is 5.02 Å². The fourth-order valence-corrected chi connectivity index (χ4v) is 4.13.